The molecule has 0 saturated carbocycles. The molecule has 0 spiro atoms. The zero-order chi connectivity index (χ0) is 10.3. The Morgan fingerprint density at radius 2 is 1.93 bits per heavy atom. The third kappa shape index (κ3) is 1.44. The van der Waals surface area contributed by atoms with Gasteiger partial charge in [0.25, 0.3) is 0 Å². The van der Waals surface area contributed by atoms with Crippen LogP contribution in [0.2, 0.25) is 0 Å². The molecule has 0 saturated heterocycles. The summed E-state index contributed by atoms with van der Waals surface area (Å²) in [5.41, 5.74) is 2.70. The number of allylic oxidation sites excluding steroid dienone is 2. The van der Waals surface area contributed by atoms with Crippen molar-refractivity contribution in [3.8, 4) is 0 Å². The molecule has 1 aliphatic rings. The molecule has 0 radical (unpaired) electrons. The number of benzene rings is 1. The first-order chi connectivity index (χ1) is 6.50. The Kier molecular flexibility index (Phi) is 2.11. The molecule has 0 bridgehead atoms. The first-order valence-electron chi connectivity index (χ1n) is 4.34. The maximum absolute atomic E-state index is 11.1. The molecular formula is C10H11O3P. The van der Waals surface area contributed by atoms with Crippen molar-refractivity contribution in [2.24, 2.45) is 0 Å². The fourth-order valence-electron chi connectivity index (χ4n) is 1.83. The van der Waals surface area contributed by atoms with E-state index >= 15 is 0 Å². The SMILES string of the molecule is CC1=C(P(=O)(O)O)Cc2ccccc21. The van der Waals surface area contributed by atoms with Crippen LogP contribution >= 0.6 is 7.60 Å². The van der Waals surface area contributed by atoms with E-state index in [1.807, 2.05) is 24.3 Å². The highest BCUT2D eigenvalue weighted by Crippen LogP contribution is 2.53. The van der Waals surface area contributed by atoms with Crippen molar-refractivity contribution >= 4 is 13.2 Å². The molecule has 2 N–H and O–H groups in total. The fraction of sp³-hybridized carbons (Fsp3) is 0.200. The monoisotopic (exact) mass is 210 g/mol. The first-order valence-corrected chi connectivity index (χ1v) is 5.95. The molecule has 0 atom stereocenters. The van der Waals surface area contributed by atoms with Crippen molar-refractivity contribution in [3.05, 3.63) is 40.7 Å². The second-order valence-electron chi connectivity index (χ2n) is 3.45. The van der Waals surface area contributed by atoms with Gasteiger partial charge in [-0.2, -0.15) is 0 Å². The number of hydrogen-bond acceptors (Lipinski definition) is 1. The second kappa shape index (κ2) is 3.06. The fourth-order valence-corrected chi connectivity index (χ4v) is 2.76. The van der Waals surface area contributed by atoms with Crippen LogP contribution in [0.25, 0.3) is 5.57 Å². The molecule has 4 heteroatoms. The normalized spacial score (nSPS) is 15.9. The van der Waals surface area contributed by atoms with Crippen molar-refractivity contribution in [2.45, 2.75) is 13.3 Å². The van der Waals surface area contributed by atoms with E-state index < -0.39 is 7.60 Å². The zero-order valence-electron chi connectivity index (χ0n) is 7.77. The van der Waals surface area contributed by atoms with E-state index in [4.69, 9.17) is 9.79 Å². The molecule has 0 unspecified atom stereocenters. The maximum atomic E-state index is 11.1. The van der Waals surface area contributed by atoms with Crippen LogP contribution in [-0.2, 0) is 11.0 Å². The van der Waals surface area contributed by atoms with Crippen molar-refractivity contribution in [2.75, 3.05) is 0 Å². The summed E-state index contributed by atoms with van der Waals surface area (Å²) in [7, 11) is -4.07. The van der Waals surface area contributed by atoms with Gasteiger partial charge < -0.3 is 9.79 Å². The van der Waals surface area contributed by atoms with Gasteiger partial charge in [-0.25, -0.2) is 0 Å². The van der Waals surface area contributed by atoms with Crippen LogP contribution in [0.15, 0.2) is 29.6 Å². The van der Waals surface area contributed by atoms with Gasteiger partial charge in [0.2, 0.25) is 0 Å². The van der Waals surface area contributed by atoms with E-state index in [0.29, 0.717) is 6.42 Å². The topological polar surface area (TPSA) is 57.5 Å². The maximum Gasteiger partial charge on any atom is 0.352 e. The summed E-state index contributed by atoms with van der Waals surface area (Å²) in [6.45, 7) is 1.76. The predicted molar refractivity (Wildman–Crippen MR) is 54.8 cm³/mol. The van der Waals surface area contributed by atoms with Crippen LogP contribution in [0.4, 0.5) is 0 Å². The minimum absolute atomic E-state index is 0.263. The van der Waals surface area contributed by atoms with Gasteiger partial charge in [-0.3, -0.25) is 4.57 Å². The summed E-state index contributed by atoms with van der Waals surface area (Å²) in [5.74, 6) is 0. The van der Waals surface area contributed by atoms with Crippen LogP contribution in [0, 0.1) is 0 Å². The minimum atomic E-state index is -4.07. The van der Waals surface area contributed by atoms with E-state index in [1.165, 1.54) is 0 Å². The van der Waals surface area contributed by atoms with Gasteiger partial charge in [-0.15, -0.1) is 0 Å². The molecule has 2 rings (SSSR count). The minimum Gasteiger partial charge on any atom is -0.321 e. The van der Waals surface area contributed by atoms with Gasteiger partial charge in [0.05, 0.1) is 0 Å². The first kappa shape index (κ1) is 9.66. The van der Waals surface area contributed by atoms with Crippen LogP contribution in [0.3, 0.4) is 0 Å². The lowest BCUT2D eigenvalue weighted by atomic mass is 10.1. The summed E-state index contributed by atoms with van der Waals surface area (Å²) < 4.78 is 11.1. The molecule has 1 aliphatic carbocycles. The summed E-state index contributed by atoms with van der Waals surface area (Å²) in [6, 6.07) is 7.56. The van der Waals surface area contributed by atoms with Crippen molar-refractivity contribution in [1.82, 2.24) is 0 Å². The molecule has 74 valence electrons. The number of rotatable bonds is 1. The van der Waals surface area contributed by atoms with Crippen LogP contribution in [0.1, 0.15) is 18.1 Å². The summed E-state index contributed by atoms with van der Waals surface area (Å²) in [4.78, 5) is 18.2. The summed E-state index contributed by atoms with van der Waals surface area (Å²) in [6.07, 6.45) is 0.381. The molecule has 1 aromatic rings. The highest BCUT2D eigenvalue weighted by atomic mass is 31.2. The Balaban J connectivity index is 2.56. The summed E-state index contributed by atoms with van der Waals surface area (Å²) >= 11 is 0. The van der Waals surface area contributed by atoms with Crippen LogP contribution in [0.5, 0.6) is 0 Å². The molecule has 0 fully saturated rings. The lowest BCUT2D eigenvalue weighted by molar-refractivity contribution is 0.381. The molecular weight excluding hydrogens is 199 g/mol. The average molecular weight is 210 g/mol. The average Bonchev–Trinajstić information content (AvgIpc) is 2.44. The lowest BCUT2D eigenvalue weighted by Gasteiger charge is -2.05. The lowest BCUT2D eigenvalue weighted by Crippen LogP contribution is -1.86. The third-order valence-corrected chi connectivity index (χ3v) is 3.76. The van der Waals surface area contributed by atoms with Gasteiger partial charge >= 0.3 is 7.60 Å². The molecule has 0 heterocycles. The van der Waals surface area contributed by atoms with E-state index in [2.05, 4.69) is 0 Å². The second-order valence-corrected chi connectivity index (χ2v) is 5.08. The van der Waals surface area contributed by atoms with Gasteiger partial charge in [0, 0.05) is 11.7 Å². The molecule has 14 heavy (non-hydrogen) atoms. The van der Waals surface area contributed by atoms with E-state index in [0.717, 1.165) is 16.7 Å². The Morgan fingerprint density at radius 3 is 2.50 bits per heavy atom. The predicted octanol–water partition coefficient (Wildman–Crippen LogP) is 2.15. The van der Waals surface area contributed by atoms with Crippen molar-refractivity contribution < 1.29 is 14.4 Å². The van der Waals surface area contributed by atoms with E-state index in [9.17, 15) is 4.57 Å². The highest BCUT2D eigenvalue weighted by molar-refractivity contribution is 7.56. The van der Waals surface area contributed by atoms with E-state index in [1.54, 1.807) is 6.92 Å². The smallest absolute Gasteiger partial charge is 0.321 e. The standard InChI is InChI=1S/C10H11O3P/c1-7-9-5-3-2-4-8(9)6-10(7)14(11,12)13/h2-5H,6H2,1H3,(H2,11,12,13). The number of hydrogen-bond donors (Lipinski definition) is 2. The zero-order valence-corrected chi connectivity index (χ0v) is 8.66. The molecule has 0 aromatic heterocycles. The quantitative estimate of drug-likeness (QED) is 0.698. The van der Waals surface area contributed by atoms with E-state index in [-0.39, 0.29) is 5.31 Å². The third-order valence-electron chi connectivity index (χ3n) is 2.56. The Morgan fingerprint density at radius 1 is 1.29 bits per heavy atom. The van der Waals surface area contributed by atoms with Gasteiger partial charge in [-0.05, 0) is 23.6 Å². The van der Waals surface area contributed by atoms with Gasteiger partial charge in [-0.1, -0.05) is 24.3 Å². The Hall–Kier alpha value is -0.890. The Labute approximate surface area is 82.2 Å². The molecule has 0 amide bonds. The van der Waals surface area contributed by atoms with Crippen LogP contribution < -0.4 is 0 Å². The summed E-state index contributed by atoms with van der Waals surface area (Å²) in [5, 5.41) is 0.263. The highest BCUT2D eigenvalue weighted by Gasteiger charge is 2.29. The van der Waals surface area contributed by atoms with Crippen molar-refractivity contribution in [1.29, 1.82) is 0 Å². The Bertz CT molecular complexity index is 456. The van der Waals surface area contributed by atoms with Gasteiger partial charge in [0.1, 0.15) is 0 Å². The molecule has 1 aromatic carbocycles. The van der Waals surface area contributed by atoms with Crippen LogP contribution in [-0.4, -0.2) is 9.79 Å². The van der Waals surface area contributed by atoms with Gasteiger partial charge in [0.15, 0.2) is 0 Å². The number of fused-ring (bicyclic) bond motifs is 1. The van der Waals surface area contributed by atoms with Crippen molar-refractivity contribution in [3.63, 3.8) is 0 Å². The molecule has 0 aliphatic heterocycles. The largest absolute Gasteiger partial charge is 0.352 e. The molecule has 3 nitrogen and oxygen atoms in total.